The summed E-state index contributed by atoms with van der Waals surface area (Å²) in [6, 6.07) is 0. The highest BCUT2D eigenvalue weighted by Crippen LogP contribution is 2.17. The van der Waals surface area contributed by atoms with Gasteiger partial charge in [-0.05, 0) is 0 Å². The zero-order valence-corrected chi connectivity index (χ0v) is 6.03. The van der Waals surface area contributed by atoms with Crippen LogP contribution in [0.25, 0.3) is 0 Å². The number of nitrogens with zero attached hydrogens (tertiary/aromatic N) is 2. The molecule has 2 heterocycles. The number of nitrogens with one attached hydrogen (secondary N) is 1. The summed E-state index contributed by atoms with van der Waals surface area (Å²) in [7, 11) is 0. The zero-order valence-electron chi connectivity index (χ0n) is 12.3. The van der Waals surface area contributed by atoms with E-state index in [1.54, 1.807) is 0 Å². The van der Waals surface area contributed by atoms with Crippen LogP contribution in [0.1, 0.15) is 20.9 Å². The van der Waals surface area contributed by atoms with Gasteiger partial charge in [0.1, 0.15) is 12.8 Å². The molecule has 1 aromatic heterocycles. The Morgan fingerprint density at radius 2 is 2.64 bits per heavy atom. The molecule has 0 aliphatic carbocycles. The largest absolute Gasteiger partial charge is 0.312 e. The molecule has 0 amide bonds. The monoisotopic (exact) mass is 176 g/mol. The average molecular weight is 177 g/mol. The van der Waals surface area contributed by atoms with E-state index in [2.05, 4.69) is 9.97 Å². The highest BCUT2D eigenvalue weighted by molar-refractivity contribution is 6.30. The van der Waals surface area contributed by atoms with Crippen LogP contribution in [-0.2, 0) is 12.9 Å². The SMILES string of the molecule is [2H]c1nc(Cl)c2c(n1)C([2H])([2H])C([2H])([2H])NC2([2H])[2H]. The number of fused-ring (bicyclic) bond motifs is 1. The van der Waals surface area contributed by atoms with E-state index in [0.29, 0.717) is 0 Å². The molecular weight excluding hydrogens is 162 g/mol. The third kappa shape index (κ3) is 1.21. The summed E-state index contributed by atoms with van der Waals surface area (Å²) in [5, 5.41) is 1.50. The lowest BCUT2D eigenvalue weighted by Gasteiger charge is -2.15. The lowest BCUT2D eigenvalue weighted by molar-refractivity contribution is 0.626. The lowest BCUT2D eigenvalue weighted by Crippen LogP contribution is -2.25. The second-order valence-corrected chi connectivity index (χ2v) is 2.20. The van der Waals surface area contributed by atoms with Crippen molar-refractivity contribution in [3.63, 3.8) is 0 Å². The fourth-order valence-corrected chi connectivity index (χ4v) is 0.888. The maximum atomic E-state index is 7.71. The minimum absolute atomic E-state index is 0.375. The molecule has 0 saturated heterocycles. The Labute approximate surface area is 79.6 Å². The molecule has 0 spiro atoms. The molecule has 0 atom stereocenters. The normalized spacial score (nSPS) is 39.2. The Kier molecular flexibility index (Phi) is 0.670. The van der Waals surface area contributed by atoms with Gasteiger partial charge in [-0.3, -0.25) is 0 Å². The van der Waals surface area contributed by atoms with E-state index in [-0.39, 0.29) is 5.56 Å². The third-order valence-electron chi connectivity index (χ3n) is 1.18. The lowest BCUT2D eigenvalue weighted by atomic mass is 10.1. The molecule has 1 aliphatic heterocycles. The van der Waals surface area contributed by atoms with Crippen LogP contribution in [0, 0.1) is 0 Å². The molecule has 0 radical (unpaired) electrons. The second-order valence-electron chi connectivity index (χ2n) is 1.84. The molecule has 2 rings (SSSR count). The van der Waals surface area contributed by atoms with E-state index < -0.39 is 36.5 Å². The van der Waals surface area contributed by atoms with Gasteiger partial charge in [0.2, 0.25) is 0 Å². The van der Waals surface area contributed by atoms with Crippen molar-refractivity contribution in [2.24, 2.45) is 0 Å². The Morgan fingerprint density at radius 1 is 1.73 bits per heavy atom. The summed E-state index contributed by atoms with van der Waals surface area (Å²) in [6.07, 6.45) is -3.22. The number of hydrogen-bond acceptors (Lipinski definition) is 3. The number of hydrogen-bond donors (Lipinski definition) is 1. The highest BCUT2D eigenvalue weighted by Gasteiger charge is 2.12. The molecule has 0 fully saturated rings. The van der Waals surface area contributed by atoms with E-state index in [1.165, 1.54) is 0 Å². The van der Waals surface area contributed by atoms with Gasteiger partial charge in [-0.1, -0.05) is 11.6 Å². The van der Waals surface area contributed by atoms with Gasteiger partial charge in [0, 0.05) is 33.2 Å². The zero-order chi connectivity index (χ0) is 13.9. The summed E-state index contributed by atoms with van der Waals surface area (Å²) in [4.78, 5) is 6.94. The van der Waals surface area contributed by atoms with Crippen molar-refractivity contribution in [2.75, 3.05) is 6.50 Å². The Balaban J connectivity index is 2.82. The van der Waals surface area contributed by atoms with E-state index in [9.17, 15) is 0 Å². The van der Waals surface area contributed by atoms with E-state index >= 15 is 0 Å². The van der Waals surface area contributed by atoms with Gasteiger partial charge in [-0.25, -0.2) is 9.97 Å². The van der Waals surface area contributed by atoms with Crippen molar-refractivity contribution in [1.82, 2.24) is 15.3 Å². The molecular formula is C7H8ClN3. The molecule has 3 nitrogen and oxygen atoms in total. The van der Waals surface area contributed by atoms with Gasteiger partial charge in [0.05, 0.1) is 5.69 Å². The fourth-order valence-electron chi connectivity index (χ4n) is 0.714. The van der Waals surface area contributed by atoms with E-state index in [4.69, 9.17) is 21.2 Å². The van der Waals surface area contributed by atoms with Gasteiger partial charge in [-0.15, -0.1) is 0 Å². The summed E-state index contributed by atoms with van der Waals surface area (Å²) < 4.78 is 53.1. The summed E-state index contributed by atoms with van der Waals surface area (Å²) in [5.74, 6) is 0. The predicted molar refractivity (Wildman–Crippen MR) is 42.5 cm³/mol. The second kappa shape index (κ2) is 2.75. The first-order valence-corrected chi connectivity index (χ1v) is 3.21. The molecule has 11 heavy (non-hydrogen) atoms. The maximum absolute atomic E-state index is 7.71. The first kappa shape index (κ1) is 2.68. The third-order valence-corrected chi connectivity index (χ3v) is 1.46. The van der Waals surface area contributed by atoms with Crippen LogP contribution < -0.4 is 5.32 Å². The van der Waals surface area contributed by atoms with Crippen molar-refractivity contribution in [2.45, 2.75) is 12.9 Å². The smallest absolute Gasteiger partial charge is 0.137 e. The summed E-state index contributed by atoms with van der Waals surface area (Å²) in [6.45, 7) is -5.11. The Hall–Kier alpha value is -0.670. The van der Waals surface area contributed by atoms with Crippen LogP contribution in [0.3, 0.4) is 0 Å². The molecule has 0 unspecified atom stereocenters. The standard InChI is InChI=1S/C7H8ClN3/c8-7-5-3-9-2-1-6(5)10-4-11-7/h4,9H,1-3H2/i1D2,2D2,3D2,4D. The molecule has 1 aromatic rings. The van der Waals surface area contributed by atoms with Crippen LogP contribution in [0.2, 0.25) is 5.15 Å². The average Bonchev–Trinajstić information content (AvgIpc) is 2.11. The number of aryl methyl sites for hydroxylation is 1. The molecule has 1 N–H and O–H groups in total. The van der Waals surface area contributed by atoms with Crippen molar-refractivity contribution < 1.29 is 9.60 Å². The quantitative estimate of drug-likeness (QED) is 0.594. The van der Waals surface area contributed by atoms with Gasteiger partial charge < -0.3 is 5.32 Å². The predicted octanol–water partition coefficient (Wildman–Crippen LogP) is 0.776. The van der Waals surface area contributed by atoms with Gasteiger partial charge >= 0.3 is 0 Å². The van der Waals surface area contributed by atoms with Crippen molar-refractivity contribution in [1.29, 1.82) is 0 Å². The van der Waals surface area contributed by atoms with Crippen LogP contribution in [0.4, 0.5) is 0 Å². The molecule has 0 bridgehead atoms. The molecule has 4 heteroatoms. The maximum Gasteiger partial charge on any atom is 0.137 e. The number of rotatable bonds is 0. The minimum atomic E-state index is -2.69. The van der Waals surface area contributed by atoms with Gasteiger partial charge in [0.15, 0.2) is 0 Å². The Morgan fingerprint density at radius 3 is 3.55 bits per heavy atom. The van der Waals surface area contributed by atoms with Crippen molar-refractivity contribution in [3.05, 3.63) is 22.7 Å². The van der Waals surface area contributed by atoms with Crippen LogP contribution >= 0.6 is 11.6 Å². The molecule has 1 aliphatic rings. The summed E-state index contributed by atoms with van der Waals surface area (Å²) >= 11 is 5.71. The highest BCUT2D eigenvalue weighted by atomic mass is 35.5. The van der Waals surface area contributed by atoms with Crippen molar-refractivity contribution in [3.8, 4) is 0 Å². The van der Waals surface area contributed by atoms with Crippen LogP contribution in [-0.4, -0.2) is 16.5 Å². The first-order chi connectivity index (χ1) is 7.99. The minimum Gasteiger partial charge on any atom is -0.312 e. The van der Waals surface area contributed by atoms with E-state index in [0.717, 1.165) is 0 Å². The van der Waals surface area contributed by atoms with Crippen LogP contribution in [0.15, 0.2) is 6.30 Å². The number of aromatic nitrogens is 2. The van der Waals surface area contributed by atoms with E-state index in [1.807, 2.05) is 5.32 Å². The molecule has 58 valence electrons. The molecule has 0 saturated carbocycles. The Bertz CT molecular complexity index is 518. The fraction of sp³-hybridized carbons (Fsp3) is 0.429. The van der Waals surface area contributed by atoms with Crippen LogP contribution in [0.5, 0.6) is 0 Å². The topological polar surface area (TPSA) is 37.8 Å². The summed E-state index contributed by atoms with van der Waals surface area (Å²) in [5.41, 5.74) is -0.915. The van der Waals surface area contributed by atoms with Crippen molar-refractivity contribution >= 4 is 11.6 Å². The van der Waals surface area contributed by atoms with Gasteiger partial charge in [-0.2, -0.15) is 0 Å². The van der Waals surface area contributed by atoms with Gasteiger partial charge in [0.25, 0.3) is 0 Å². The first-order valence-electron chi connectivity index (χ1n) is 6.33. The molecule has 0 aromatic carbocycles. The number of halogens is 1.